The van der Waals surface area contributed by atoms with E-state index < -0.39 is 0 Å². The van der Waals surface area contributed by atoms with Gasteiger partial charge in [-0.05, 0) is 25.0 Å². The fraction of sp³-hybridized carbons (Fsp3) is 0.500. The van der Waals surface area contributed by atoms with Crippen molar-refractivity contribution < 1.29 is 4.79 Å². The van der Waals surface area contributed by atoms with Crippen molar-refractivity contribution in [2.45, 2.75) is 23.7 Å². The fourth-order valence-electron chi connectivity index (χ4n) is 2.70. The van der Waals surface area contributed by atoms with E-state index in [0.29, 0.717) is 11.6 Å². The summed E-state index contributed by atoms with van der Waals surface area (Å²) in [6.07, 6.45) is 9.82. The number of imidazole rings is 1. The number of nitrogens with zero attached hydrogens (tertiary/aromatic N) is 4. The summed E-state index contributed by atoms with van der Waals surface area (Å²) in [5.41, 5.74) is 0.590. The zero-order valence-electron chi connectivity index (χ0n) is 11.9. The quantitative estimate of drug-likeness (QED) is 0.812. The van der Waals surface area contributed by atoms with E-state index in [0.717, 1.165) is 36.8 Å². The Balaban J connectivity index is 1.63. The second kappa shape index (κ2) is 6.62. The largest absolute Gasteiger partial charge is 0.337 e. The highest BCUT2D eigenvalue weighted by atomic mass is 32.2. The molecule has 3 heterocycles. The van der Waals surface area contributed by atoms with Crippen LogP contribution < -0.4 is 0 Å². The highest BCUT2D eigenvalue weighted by Crippen LogP contribution is 2.23. The number of carbonyl (C=O) groups is 1. The Kier molecular flexibility index (Phi) is 4.60. The Bertz CT molecular complexity index is 596. The summed E-state index contributed by atoms with van der Waals surface area (Å²) < 4.78 is 3.04. The Morgan fingerprint density at radius 2 is 2.48 bits per heavy atom. The van der Waals surface area contributed by atoms with Crippen molar-refractivity contribution in [3.63, 3.8) is 0 Å². The maximum Gasteiger partial charge on any atom is 0.273 e. The van der Waals surface area contributed by atoms with Crippen LogP contribution in [0.3, 0.4) is 0 Å². The van der Waals surface area contributed by atoms with Crippen molar-refractivity contribution in [2.75, 3.05) is 19.3 Å². The predicted molar refractivity (Wildman–Crippen MR) is 84.7 cm³/mol. The summed E-state index contributed by atoms with van der Waals surface area (Å²) in [7, 11) is 0. The van der Waals surface area contributed by atoms with Gasteiger partial charge >= 0.3 is 0 Å². The molecule has 0 N–H and O–H groups in total. The molecule has 0 saturated carbocycles. The van der Waals surface area contributed by atoms with Crippen molar-refractivity contribution in [2.24, 2.45) is 5.92 Å². The van der Waals surface area contributed by atoms with Crippen molar-refractivity contribution in [3.05, 3.63) is 29.8 Å². The minimum atomic E-state index is 0.0712. The minimum Gasteiger partial charge on any atom is -0.337 e. The highest BCUT2D eigenvalue weighted by molar-refractivity contribution is 8.00. The van der Waals surface area contributed by atoms with Crippen molar-refractivity contribution in [1.29, 1.82) is 0 Å². The lowest BCUT2D eigenvalue weighted by molar-refractivity contribution is 0.0656. The molecule has 0 aliphatic carbocycles. The van der Waals surface area contributed by atoms with Crippen molar-refractivity contribution in [1.82, 2.24) is 19.4 Å². The zero-order chi connectivity index (χ0) is 14.7. The van der Waals surface area contributed by atoms with E-state index in [1.54, 1.807) is 18.0 Å². The minimum absolute atomic E-state index is 0.0712. The van der Waals surface area contributed by atoms with Gasteiger partial charge in [0, 0.05) is 37.4 Å². The molecular weight excluding hydrogens is 304 g/mol. The average Bonchev–Trinajstić information content (AvgIpc) is 3.17. The highest BCUT2D eigenvalue weighted by Gasteiger charge is 2.26. The monoisotopic (exact) mass is 322 g/mol. The normalized spacial score (nSPS) is 18.9. The number of likely N-dealkylation sites (tertiary alicyclic amines) is 1. The van der Waals surface area contributed by atoms with E-state index in [-0.39, 0.29) is 5.91 Å². The van der Waals surface area contributed by atoms with Gasteiger partial charge in [0.15, 0.2) is 0 Å². The summed E-state index contributed by atoms with van der Waals surface area (Å²) in [6, 6.07) is 0. The number of aromatic nitrogens is 3. The molecule has 0 spiro atoms. The van der Waals surface area contributed by atoms with Gasteiger partial charge in [-0.2, -0.15) is 0 Å². The van der Waals surface area contributed by atoms with E-state index in [4.69, 9.17) is 0 Å². The summed E-state index contributed by atoms with van der Waals surface area (Å²) in [5, 5.41) is 1.87. The lowest BCUT2D eigenvalue weighted by atomic mass is 9.97. The van der Waals surface area contributed by atoms with Crippen molar-refractivity contribution in [3.8, 4) is 0 Å². The Morgan fingerprint density at radius 1 is 1.57 bits per heavy atom. The topological polar surface area (TPSA) is 51.0 Å². The molecule has 2 aromatic heterocycles. The number of piperidine rings is 1. The van der Waals surface area contributed by atoms with Gasteiger partial charge in [0.05, 0.1) is 6.33 Å². The molecule has 7 heteroatoms. The van der Waals surface area contributed by atoms with Gasteiger partial charge in [0.2, 0.25) is 0 Å². The smallest absolute Gasteiger partial charge is 0.273 e. The summed E-state index contributed by atoms with van der Waals surface area (Å²) in [4.78, 5) is 22.9. The third-order valence-electron chi connectivity index (χ3n) is 3.71. The van der Waals surface area contributed by atoms with Crippen molar-refractivity contribution >= 4 is 29.0 Å². The molecule has 1 atom stereocenters. The molecular formula is C14H18N4OS2. The van der Waals surface area contributed by atoms with E-state index in [1.807, 2.05) is 29.1 Å². The maximum atomic E-state index is 12.5. The van der Waals surface area contributed by atoms with Crippen LogP contribution in [0.5, 0.6) is 0 Å². The van der Waals surface area contributed by atoms with Gasteiger partial charge in [-0.25, -0.2) is 9.97 Å². The van der Waals surface area contributed by atoms with Gasteiger partial charge in [0.1, 0.15) is 10.0 Å². The molecule has 1 aliphatic rings. The molecule has 0 aromatic carbocycles. The molecule has 0 unspecified atom stereocenters. The number of hydrogen-bond acceptors (Lipinski definition) is 5. The first-order valence-electron chi connectivity index (χ1n) is 7.01. The van der Waals surface area contributed by atoms with Crippen LogP contribution in [0.4, 0.5) is 0 Å². The lowest BCUT2D eigenvalue weighted by Crippen LogP contribution is -2.41. The Labute approximate surface area is 132 Å². The average molecular weight is 322 g/mol. The van der Waals surface area contributed by atoms with E-state index >= 15 is 0 Å². The molecule has 1 saturated heterocycles. The molecule has 1 aliphatic heterocycles. The van der Waals surface area contributed by atoms with Gasteiger partial charge in [-0.15, -0.1) is 11.3 Å². The van der Waals surface area contributed by atoms with Gasteiger partial charge in [-0.1, -0.05) is 11.8 Å². The number of thioether (sulfide) groups is 1. The van der Waals surface area contributed by atoms with Gasteiger partial charge in [-0.3, -0.25) is 4.79 Å². The number of hydrogen-bond donors (Lipinski definition) is 0. The third kappa shape index (κ3) is 3.47. The summed E-state index contributed by atoms with van der Waals surface area (Å²) in [6.45, 7) is 2.57. The first-order valence-corrected chi connectivity index (χ1v) is 9.11. The van der Waals surface area contributed by atoms with Crippen LogP contribution in [0.2, 0.25) is 0 Å². The Morgan fingerprint density at radius 3 is 3.19 bits per heavy atom. The first kappa shape index (κ1) is 14.6. The van der Waals surface area contributed by atoms with Crippen LogP contribution in [-0.2, 0) is 6.54 Å². The molecule has 0 radical (unpaired) electrons. The second-order valence-electron chi connectivity index (χ2n) is 5.22. The maximum absolute atomic E-state index is 12.5. The second-order valence-corrected chi connectivity index (χ2v) is 7.13. The number of carbonyl (C=O) groups excluding carboxylic acids is 1. The van der Waals surface area contributed by atoms with Crippen LogP contribution in [0, 0.1) is 5.92 Å². The summed E-state index contributed by atoms with van der Waals surface area (Å²) >= 11 is 3.12. The van der Waals surface area contributed by atoms with Gasteiger partial charge in [0.25, 0.3) is 5.91 Å². The van der Waals surface area contributed by atoms with Crippen LogP contribution in [0.15, 0.2) is 28.4 Å². The first-order chi connectivity index (χ1) is 10.3. The van der Waals surface area contributed by atoms with E-state index in [1.165, 1.54) is 11.3 Å². The van der Waals surface area contributed by atoms with Crippen LogP contribution in [0.25, 0.3) is 0 Å². The van der Waals surface area contributed by atoms with E-state index in [2.05, 4.69) is 14.5 Å². The number of rotatable bonds is 4. The molecule has 21 heavy (non-hydrogen) atoms. The molecule has 5 nitrogen and oxygen atoms in total. The van der Waals surface area contributed by atoms with Crippen LogP contribution >= 0.6 is 23.1 Å². The van der Waals surface area contributed by atoms with Gasteiger partial charge < -0.3 is 9.47 Å². The van der Waals surface area contributed by atoms with E-state index in [9.17, 15) is 4.79 Å². The fourth-order valence-corrected chi connectivity index (χ4v) is 3.94. The molecule has 112 valence electrons. The molecule has 1 fully saturated rings. The number of amides is 1. The summed E-state index contributed by atoms with van der Waals surface area (Å²) in [5.74, 6) is 0.567. The molecule has 1 amide bonds. The standard InChI is InChI=1S/C14H18N4OS2/c1-20-14-16-12(9-21-14)13(19)18-5-2-3-11(8-18)7-17-6-4-15-10-17/h4,6,9-11H,2-3,5,7-8H2,1H3/t11-/m1/s1. The third-order valence-corrected chi connectivity index (χ3v) is 5.57. The SMILES string of the molecule is CSc1nc(C(=O)N2CCC[C@H](Cn3ccnc3)C2)cs1. The molecule has 3 rings (SSSR count). The lowest BCUT2D eigenvalue weighted by Gasteiger charge is -2.32. The number of thiazole rings is 1. The predicted octanol–water partition coefficient (Wildman–Crippen LogP) is 2.61. The molecule has 0 bridgehead atoms. The molecule has 2 aromatic rings. The van der Waals surface area contributed by atoms with Crippen LogP contribution in [0.1, 0.15) is 23.3 Å². The Hall–Kier alpha value is -1.34. The van der Waals surface area contributed by atoms with Crippen LogP contribution in [-0.4, -0.2) is 44.7 Å². The zero-order valence-corrected chi connectivity index (χ0v) is 13.6.